The minimum Gasteiger partial charge on any atom is -0.373 e. The third-order valence-corrected chi connectivity index (χ3v) is 6.27. The van der Waals surface area contributed by atoms with Gasteiger partial charge in [-0.15, -0.1) is 0 Å². The van der Waals surface area contributed by atoms with Gasteiger partial charge in [0, 0.05) is 44.8 Å². The van der Waals surface area contributed by atoms with Gasteiger partial charge in [0.15, 0.2) is 5.78 Å². The second kappa shape index (κ2) is 7.76. The van der Waals surface area contributed by atoms with Crippen molar-refractivity contribution in [3.05, 3.63) is 62.5 Å². The second-order valence-corrected chi connectivity index (χ2v) is 8.93. The average molecular weight is 484 g/mol. The molecule has 146 valence electrons. The van der Waals surface area contributed by atoms with E-state index in [4.69, 9.17) is 23.2 Å². The fraction of sp³-hybridized carbons (Fsp3) is 0.300. The number of anilines is 1. The lowest BCUT2D eigenvalue weighted by Gasteiger charge is -2.26. The zero-order valence-electron chi connectivity index (χ0n) is 14.7. The number of halogens is 3. The molecular formula is C20H17BrCl2N2O3. The summed E-state index contributed by atoms with van der Waals surface area (Å²) in [4.78, 5) is 28.7. The van der Waals surface area contributed by atoms with E-state index >= 15 is 0 Å². The number of aliphatic hydroxyl groups excluding tert-OH is 1. The maximum absolute atomic E-state index is 12.9. The Kier molecular flexibility index (Phi) is 5.51. The largest absolute Gasteiger partial charge is 0.373 e. The van der Waals surface area contributed by atoms with Crippen LogP contribution in [0.4, 0.5) is 5.69 Å². The summed E-state index contributed by atoms with van der Waals surface area (Å²) < 4.78 is 0.912. The predicted molar refractivity (Wildman–Crippen MR) is 112 cm³/mol. The van der Waals surface area contributed by atoms with Crippen molar-refractivity contribution in [1.29, 1.82) is 0 Å². The van der Waals surface area contributed by atoms with Crippen LogP contribution >= 0.6 is 39.1 Å². The van der Waals surface area contributed by atoms with Gasteiger partial charge in [0.2, 0.25) is 5.91 Å². The summed E-state index contributed by atoms with van der Waals surface area (Å²) >= 11 is 15.4. The van der Waals surface area contributed by atoms with Gasteiger partial charge in [-0.25, -0.2) is 0 Å². The monoisotopic (exact) mass is 482 g/mol. The van der Waals surface area contributed by atoms with E-state index < -0.39 is 6.23 Å². The lowest BCUT2D eigenvalue weighted by Crippen LogP contribution is -2.40. The van der Waals surface area contributed by atoms with E-state index in [2.05, 4.69) is 15.9 Å². The summed E-state index contributed by atoms with van der Waals surface area (Å²) in [6.07, 6.45) is -0.972. The normalized spacial score (nSPS) is 24.6. The molecule has 2 aromatic carbocycles. The molecule has 28 heavy (non-hydrogen) atoms. The van der Waals surface area contributed by atoms with E-state index in [-0.39, 0.29) is 30.1 Å². The molecule has 1 N–H and O–H groups in total. The van der Waals surface area contributed by atoms with Crippen molar-refractivity contribution >= 4 is 56.5 Å². The van der Waals surface area contributed by atoms with Crippen LogP contribution in [0.3, 0.4) is 0 Å². The average Bonchev–Trinajstić information content (AvgIpc) is 3.14. The summed E-state index contributed by atoms with van der Waals surface area (Å²) in [6, 6.07) is 12.0. The van der Waals surface area contributed by atoms with Crippen LogP contribution in [0.2, 0.25) is 10.0 Å². The number of benzene rings is 2. The number of rotatable bonds is 4. The number of aliphatic hydroxyl groups is 1. The molecule has 0 aromatic heterocycles. The van der Waals surface area contributed by atoms with E-state index in [1.807, 2.05) is 17.0 Å². The van der Waals surface area contributed by atoms with Crippen LogP contribution in [0.15, 0.2) is 46.9 Å². The number of hydrogen-bond acceptors (Lipinski definition) is 4. The van der Waals surface area contributed by atoms with Crippen LogP contribution in [0.1, 0.15) is 10.4 Å². The van der Waals surface area contributed by atoms with Gasteiger partial charge < -0.3 is 5.11 Å². The number of likely N-dealkylation sites (tertiary alicyclic amines) is 1. The van der Waals surface area contributed by atoms with Gasteiger partial charge >= 0.3 is 0 Å². The summed E-state index contributed by atoms with van der Waals surface area (Å²) in [5.41, 5.74) is 1.12. The Bertz CT molecular complexity index is 917. The first-order valence-electron chi connectivity index (χ1n) is 8.82. The fourth-order valence-corrected chi connectivity index (χ4v) is 4.77. The molecule has 4 rings (SSSR count). The molecule has 0 saturated carbocycles. The molecule has 2 aliphatic heterocycles. The Morgan fingerprint density at radius 1 is 1.11 bits per heavy atom. The Hall–Kier alpha value is -1.44. The van der Waals surface area contributed by atoms with Crippen LogP contribution in [0.25, 0.3) is 0 Å². The van der Waals surface area contributed by atoms with Gasteiger partial charge in [0.05, 0.1) is 12.5 Å². The van der Waals surface area contributed by atoms with Crippen molar-refractivity contribution in [3.63, 3.8) is 0 Å². The molecule has 5 nitrogen and oxygen atoms in total. The molecule has 0 bridgehead atoms. The molecule has 0 aliphatic carbocycles. The molecule has 2 fully saturated rings. The van der Waals surface area contributed by atoms with Crippen molar-refractivity contribution in [2.75, 3.05) is 24.5 Å². The third-order valence-electron chi connectivity index (χ3n) is 5.30. The summed E-state index contributed by atoms with van der Waals surface area (Å²) in [5, 5.41) is 11.6. The lowest BCUT2D eigenvalue weighted by molar-refractivity contribution is -0.120. The number of carbonyl (C=O) groups excluding carboxylic acids is 2. The molecule has 3 atom stereocenters. The number of Topliss-reactive ketones (excluding diaryl/α,β-unsaturated/α-hetero) is 1. The van der Waals surface area contributed by atoms with E-state index in [9.17, 15) is 14.7 Å². The molecule has 2 aromatic rings. The summed E-state index contributed by atoms with van der Waals surface area (Å²) in [7, 11) is 0. The fourth-order valence-electron chi connectivity index (χ4n) is 3.99. The molecule has 2 saturated heterocycles. The molecule has 3 unspecified atom stereocenters. The van der Waals surface area contributed by atoms with Crippen molar-refractivity contribution in [2.24, 2.45) is 11.8 Å². The van der Waals surface area contributed by atoms with Crippen molar-refractivity contribution < 1.29 is 14.7 Å². The highest BCUT2D eigenvalue weighted by Crippen LogP contribution is 2.40. The maximum atomic E-state index is 12.9. The van der Waals surface area contributed by atoms with E-state index in [1.165, 1.54) is 4.90 Å². The molecular weight excluding hydrogens is 467 g/mol. The molecule has 0 radical (unpaired) electrons. The van der Waals surface area contributed by atoms with Crippen molar-refractivity contribution in [2.45, 2.75) is 6.23 Å². The second-order valence-electron chi connectivity index (χ2n) is 7.14. The SMILES string of the molecule is O=C(CN1CC2C(=O)N(c3cc(Cl)cc(Cl)c3)C(O)C2C1)c1ccc(Br)cc1. The van der Waals surface area contributed by atoms with Crippen LogP contribution in [0.5, 0.6) is 0 Å². The number of amides is 1. The first-order valence-corrected chi connectivity index (χ1v) is 10.4. The summed E-state index contributed by atoms with van der Waals surface area (Å²) in [6.45, 7) is 1.13. The van der Waals surface area contributed by atoms with Crippen molar-refractivity contribution in [3.8, 4) is 0 Å². The maximum Gasteiger partial charge on any atom is 0.234 e. The van der Waals surface area contributed by atoms with Gasteiger partial charge in [-0.2, -0.15) is 0 Å². The van der Waals surface area contributed by atoms with Crippen LogP contribution in [0, 0.1) is 11.8 Å². The summed E-state index contributed by atoms with van der Waals surface area (Å²) in [5.74, 6) is -0.796. The number of fused-ring (bicyclic) bond motifs is 1. The highest BCUT2D eigenvalue weighted by Gasteiger charge is 2.52. The Morgan fingerprint density at radius 2 is 1.75 bits per heavy atom. The van der Waals surface area contributed by atoms with Crippen LogP contribution in [-0.2, 0) is 4.79 Å². The van der Waals surface area contributed by atoms with Gasteiger partial charge in [0.1, 0.15) is 6.23 Å². The molecule has 2 aliphatic rings. The predicted octanol–water partition coefficient (Wildman–Crippen LogP) is 3.85. The minimum absolute atomic E-state index is 0.00658. The number of nitrogens with zero attached hydrogens (tertiary/aromatic N) is 2. The number of carbonyl (C=O) groups is 2. The zero-order valence-corrected chi connectivity index (χ0v) is 17.8. The highest BCUT2D eigenvalue weighted by molar-refractivity contribution is 9.10. The van der Waals surface area contributed by atoms with Gasteiger partial charge in [-0.05, 0) is 30.3 Å². The van der Waals surface area contributed by atoms with E-state index in [0.717, 1.165) is 4.47 Å². The highest BCUT2D eigenvalue weighted by atomic mass is 79.9. The lowest BCUT2D eigenvalue weighted by atomic mass is 9.99. The van der Waals surface area contributed by atoms with Crippen LogP contribution < -0.4 is 4.90 Å². The van der Waals surface area contributed by atoms with E-state index in [1.54, 1.807) is 30.3 Å². The Labute approximate surface area is 181 Å². The first kappa shape index (κ1) is 19.9. The molecule has 0 spiro atoms. The van der Waals surface area contributed by atoms with Gasteiger partial charge in [-0.1, -0.05) is 51.3 Å². The Morgan fingerprint density at radius 3 is 2.36 bits per heavy atom. The quantitative estimate of drug-likeness (QED) is 0.671. The van der Waals surface area contributed by atoms with Crippen molar-refractivity contribution in [1.82, 2.24) is 4.90 Å². The first-order chi connectivity index (χ1) is 13.3. The standard InChI is InChI=1S/C20H17BrCl2N2O3/c21-12-3-1-11(2-4-12)18(26)10-24-8-16-17(9-24)20(28)25(19(16)27)15-6-13(22)5-14(23)7-15/h1-7,16-17,19,27H,8-10H2. The zero-order chi connectivity index (χ0) is 20.0. The number of ketones is 1. The van der Waals surface area contributed by atoms with Gasteiger partial charge in [0.25, 0.3) is 0 Å². The number of hydrogen-bond donors (Lipinski definition) is 1. The Balaban J connectivity index is 1.47. The minimum atomic E-state index is -0.972. The van der Waals surface area contributed by atoms with Gasteiger partial charge in [-0.3, -0.25) is 19.4 Å². The molecule has 2 heterocycles. The smallest absolute Gasteiger partial charge is 0.234 e. The van der Waals surface area contributed by atoms with Crippen LogP contribution in [-0.4, -0.2) is 47.6 Å². The molecule has 8 heteroatoms. The topological polar surface area (TPSA) is 60.9 Å². The van der Waals surface area contributed by atoms with E-state index in [0.29, 0.717) is 34.4 Å². The molecule has 1 amide bonds. The third kappa shape index (κ3) is 3.72.